The molecule has 1 unspecified atom stereocenters. The van der Waals surface area contributed by atoms with Gasteiger partial charge in [0, 0.05) is 23.2 Å². The molecule has 0 radical (unpaired) electrons. The molecule has 1 atom stereocenters. The Morgan fingerprint density at radius 2 is 1.77 bits per heavy atom. The molecule has 1 fully saturated rings. The van der Waals surface area contributed by atoms with E-state index in [4.69, 9.17) is 5.73 Å². The van der Waals surface area contributed by atoms with Crippen LogP contribution in [0.2, 0.25) is 0 Å². The largest absolute Gasteiger partial charge is 0.349 e. The number of nitrogens with two attached hydrogens (primary N) is 1. The minimum atomic E-state index is -0.605. The fraction of sp³-hybridized carbons (Fsp3) is 0.375. The minimum Gasteiger partial charge on any atom is -0.349 e. The molecule has 2 aromatic carbocycles. The summed E-state index contributed by atoms with van der Waals surface area (Å²) in [5.74, 6) is -0.673. The molecule has 31 heavy (non-hydrogen) atoms. The lowest BCUT2D eigenvalue weighted by Gasteiger charge is -2.36. The molecule has 7 nitrogen and oxygen atoms in total. The van der Waals surface area contributed by atoms with Crippen LogP contribution < -0.4 is 21.3 Å². The van der Waals surface area contributed by atoms with Crippen LogP contribution in [0.1, 0.15) is 59.7 Å². The van der Waals surface area contributed by atoms with E-state index in [1.807, 2.05) is 13.0 Å². The molecule has 1 aliphatic heterocycles. The molecule has 1 heterocycles. The van der Waals surface area contributed by atoms with Gasteiger partial charge >= 0.3 is 0 Å². The molecule has 2 aliphatic rings. The number of nitrogens with zero attached hydrogens (tertiary/aromatic N) is 1. The Labute approximate surface area is 182 Å². The van der Waals surface area contributed by atoms with Crippen LogP contribution in [0.4, 0.5) is 11.4 Å². The normalized spacial score (nSPS) is 23.0. The quantitative estimate of drug-likeness (QED) is 0.707. The summed E-state index contributed by atoms with van der Waals surface area (Å²) >= 11 is 0. The van der Waals surface area contributed by atoms with E-state index in [0.29, 0.717) is 28.9 Å². The van der Waals surface area contributed by atoms with Crippen LogP contribution in [-0.4, -0.2) is 35.8 Å². The Balaban J connectivity index is 1.60. The predicted octanol–water partition coefficient (Wildman–Crippen LogP) is 3.06. The van der Waals surface area contributed by atoms with Gasteiger partial charge in [0.05, 0.1) is 11.4 Å². The first-order valence-corrected chi connectivity index (χ1v) is 10.9. The van der Waals surface area contributed by atoms with Crippen LogP contribution >= 0.6 is 0 Å². The molecule has 3 amide bonds. The van der Waals surface area contributed by atoms with Crippen molar-refractivity contribution >= 4 is 29.1 Å². The predicted molar refractivity (Wildman–Crippen MR) is 120 cm³/mol. The van der Waals surface area contributed by atoms with Crippen molar-refractivity contribution in [2.75, 3.05) is 10.2 Å². The van der Waals surface area contributed by atoms with Gasteiger partial charge in [-0.2, -0.15) is 0 Å². The third-order valence-electron chi connectivity index (χ3n) is 6.12. The highest BCUT2D eigenvalue weighted by Gasteiger charge is 2.36. The second kappa shape index (κ2) is 8.89. The molecular weight excluding hydrogens is 392 g/mol. The maximum Gasteiger partial charge on any atom is 0.259 e. The highest BCUT2D eigenvalue weighted by Crippen LogP contribution is 2.35. The Bertz CT molecular complexity index is 984. The van der Waals surface area contributed by atoms with Gasteiger partial charge in [0.25, 0.3) is 11.8 Å². The molecule has 4 rings (SSSR count). The number of hydrogen-bond acceptors (Lipinski definition) is 4. The zero-order chi connectivity index (χ0) is 22.0. The summed E-state index contributed by atoms with van der Waals surface area (Å²) in [5, 5.41) is 5.94. The highest BCUT2D eigenvalue weighted by atomic mass is 16.2. The number of rotatable bonds is 4. The first-order valence-electron chi connectivity index (χ1n) is 10.9. The lowest BCUT2D eigenvalue weighted by Crippen LogP contribution is -2.50. The number of carbonyl (C=O) groups is 3. The van der Waals surface area contributed by atoms with E-state index in [9.17, 15) is 14.4 Å². The van der Waals surface area contributed by atoms with Crippen LogP contribution in [-0.2, 0) is 4.79 Å². The molecule has 1 aliphatic carbocycles. The molecule has 2 aromatic rings. The molecular formula is C24H28N4O3. The lowest BCUT2D eigenvalue weighted by atomic mass is 9.91. The van der Waals surface area contributed by atoms with Gasteiger partial charge in [-0.25, -0.2) is 0 Å². The Hall–Kier alpha value is -3.19. The Morgan fingerprint density at radius 3 is 2.45 bits per heavy atom. The van der Waals surface area contributed by atoms with Gasteiger partial charge in [-0.1, -0.05) is 25.1 Å². The highest BCUT2D eigenvalue weighted by molar-refractivity contribution is 6.17. The van der Waals surface area contributed by atoms with E-state index in [1.165, 1.54) is 4.90 Å². The number of fused-ring (bicyclic) bond motifs is 1. The summed E-state index contributed by atoms with van der Waals surface area (Å²) in [4.78, 5) is 40.3. The second-order valence-corrected chi connectivity index (χ2v) is 8.27. The van der Waals surface area contributed by atoms with Crippen LogP contribution in [0.3, 0.4) is 0 Å². The fourth-order valence-corrected chi connectivity index (χ4v) is 4.36. The van der Waals surface area contributed by atoms with Gasteiger partial charge in [0.15, 0.2) is 0 Å². The maximum atomic E-state index is 13.2. The number of carbonyl (C=O) groups excluding carboxylic acids is 3. The number of nitrogens with one attached hydrogen (secondary N) is 2. The Kier molecular flexibility index (Phi) is 6.04. The van der Waals surface area contributed by atoms with E-state index in [-0.39, 0.29) is 29.8 Å². The first-order chi connectivity index (χ1) is 15.0. The number of anilines is 2. The zero-order valence-corrected chi connectivity index (χ0v) is 17.6. The van der Waals surface area contributed by atoms with Gasteiger partial charge in [-0.3, -0.25) is 19.3 Å². The van der Waals surface area contributed by atoms with Gasteiger partial charge in [0.1, 0.15) is 6.04 Å². The maximum absolute atomic E-state index is 13.2. The molecule has 0 saturated heterocycles. The average molecular weight is 421 g/mol. The van der Waals surface area contributed by atoms with Crippen LogP contribution in [0.25, 0.3) is 0 Å². The monoisotopic (exact) mass is 420 g/mol. The van der Waals surface area contributed by atoms with Crippen LogP contribution in [0.5, 0.6) is 0 Å². The van der Waals surface area contributed by atoms with Gasteiger partial charge in [0.2, 0.25) is 5.91 Å². The molecule has 0 spiro atoms. The van der Waals surface area contributed by atoms with Crippen molar-refractivity contribution in [3.63, 3.8) is 0 Å². The summed E-state index contributed by atoms with van der Waals surface area (Å²) in [6.07, 6.45) is 4.02. The summed E-state index contributed by atoms with van der Waals surface area (Å²) in [7, 11) is 0. The lowest BCUT2D eigenvalue weighted by molar-refractivity contribution is -0.117. The van der Waals surface area contributed by atoms with Crippen molar-refractivity contribution in [2.45, 2.75) is 57.2 Å². The second-order valence-electron chi connectivity index (χ2n) is 8.27. The first kappa shape index (κ1) is 21.1. The molecule has 4 N–H and O–H groups in total. The van der Waals surface area contributed by atoms with E-state index in [2.05, 4.69) is 10.6 Å². The van der Waals surface area contributed by atoms with Crippen molar-refractivity contribution in [3.8, 4) is 0 Å². The smallest absolute Gasteiger partial charge is 0.259 e. The summed E-state index contributed by atoms with van der Waals surface area (Å²) in [6.45, 7) is 1.87. The number of amides is 3. The van der Waals surface area contributed by atoms with Gasteiger partial charge < -0.3 is 16.4 Å². The molecule has 162 valence electrons. The van der Waals surface area contributed by atoms with E-state index in [1.54, 1.807) is 42.5 Å². The van der Waals surface area contributed by atoms with Crippen molar-refractivity contribution in [1.29, 1.82) is 0 Å². The summed E-state index contributed by atoms with van der Waals surface area (Å²) < 4.78 is 0. The summed E-state index contributed by atoms with van der Waals surface area (Å²) in [5.41, 5.74) is 7.98. The van der Waals surface area contributed by atoms with Gasteiger partial charge in [-0.05, 0) is 62.4 Å². The third-order valence-corrected chi connectivity index (χ3v) is 6.12. The van der Waals surface area contributed by atoms with Crippen molar-refractivity contribution in [3.05, 3.63) is 59.7 Å². The third kappa shape index (κ3) is 4.32. The fourth-order valence-electron chi connectivity index (χ4n) is 4.36. The SMILES string of the molecule is CCC1C(=O)Nc2cc(C(=O)NC3CCC(N)CC3)ccc2N1C(=O)c1ccccc1. The minimum absolute atomic E-state index is 0.110. The zero-order valence-electron chi connectivity index (χ0n) is 17.6. The molecule has 0 aromatic heterocycles. The molecule has 1 saturated carbocycles. The number of benzene rings is 2. The van der Waals surface area contributed by atoms with Crippen molar-refractivity contribution in [2.24, 2.45) is 5.73 Å². The Morgan fingerprint density at radius 1 is 1.06 bits per heavy atom. The van der Waals surface area contributed by atoms with E-state index >= 15 is 0 Å². The average Bonchev–Trinajstić information content (AvgIpc) is 2.79. The van der Waals surface area contributed by atoms with Crippen molar-refractivity contribution < 1.29 is 14.4 Å². The van der Waals surface area contributed by atoms with E-state index < -0.39 is 6.04 Å². The van der Waals surface area contributed by atoms with E-state index in [0.717, 1.165) is 25.7 Å². The number of hydrogen-bond donors (Lipinski definition) is 3. The van der Waals surface area contributed by atoms with Crippen molar-refractivity contribution in [1.82, 2.24) is 5.32 Å². The van der Waals surface area contributed by atoms with Gasteiger partial charge in [-0.15, -0.1) is 0 Å². The molecule has 7 heteroatoms. The topological polar surface area (TPSA) is 105 Å². The van der Waals surface area contributed by atoms with Crippen LogP contribution in [0.15, 0.2) is 48.5 Å². The van der Waals surface area contributed by atoms with Crippen LogP contribution in [0, 0.1) is 0 Å². The standard InChI is InChI=1S/C24H28N4O3/c1-2-20-23(30)27-19-14-16(22(29)26-18-11-9-17(25)10-12-18)8-13-21(19)28(20)24(31)15-6-4-3-5-7-15/h3-8,13-14,17-18,20H,2,9-12,25H2,1H3,(H,26,29)(H,27,30). The molecule has 0 bridgehead atoms. The summed E-state index contributed by atoms with van der Waals surface area (Å²) in [6, 6.07) is 13.7.